The number of nitrogens with one attached hydrogen (secondary N) is 2. The SMILES string of the molecule is C/C(CC(=O)NCc1ccc(F)cc1)=N/NC(=O)c1cccc2ccccc12. The van der Waals surface area contributed by atoms with Crippen LogP contribution in [0.1, 0.15) is 29.3 Å². The molecule has 0 aliphatic carbocycles. The summed E-state index contributed by atoms with van der Waals surface area (Å²) in [6.45, 7) is 1.97. The van der Waals surface area contributed by atoms with E-state index in [-0.39, 0.29) is 24.1 Å². The lowest BCUT2D eigenvalue weighted by Crippen LogP contribution is -2.26. The number of carbonyl (C=O) groups excluding carboxylic acids is 2. The van der Waals surface area contributed by atoms with E-state index < -0.39 is 0 Å². The molecular weight excluding hydrogens is 357 g/mol. The first-order valence-corrected chi connectivity index (χ1v) is 8.85. The van der Waals surface area contributed by atoms with Crippen LogP contribution >= 0.6 is 0 Å². The van der Waals surface area contributed by atoms with E-state index >= 15 is 0 Å². The van der Waals surface area contributed by atoms with Gasteiger partial charge in [0, 0.05) is 17.8 Å². The van der Waals surface area contributed by atoms with Gasteiger partial charge in [0.1, 0.15) is 5.82 Å². The first-order valence-electron chi connectivity index (χ1n) is 8.85. The molecule has 0 aromatic heterocycles. The fourth-order valence-corrected chi connectivity index (χ4v) is 2.77. The van der Waals surface area contributed by atoms with Crippen LogP contribution in [0.3, 0.4) is 0 Å². The van der Waals surface area contributed by atoms with Crippen LogP contribution in [-0.2, 0) is 11.3 Å². The third kappa shape index (κ3) is 5.01. The Hall–Kier alpha value is -3.54. The molecule has 0 aliphatic rings. The number of fused-ring (bicyclic) bond motifs is 1. The Morgan fingerprint density at radius 2 is 1.68 bits per heavy atom. The molecule has 0 heterocycles. The number of nitrogens with zero attached hydrogens (tertiary/aromatic N) is 1. The van der Waals surface area contributed by atoms with Crippen LogP contribution in [0.15, 0.2) is 71.8 Å². The van der Waals surface area contributed by atoms with Crippen LogP contribution in [0.4, 0.5) is 4.39 Å². The van der Waals surface area contributed by atoms with Gasteiger partial charge in [-0.25, -0.2) is 9.82 Å². The largest absolute Gasteiger partial charge is 0.352 e. The summed E-state index contributed by atoms with van der Waals surface area (Å²) >= 11 is 0. The second kappa shape index (κ2) is 8.90. The molecule has 3 aromatic rings. The number of hydrogen-bond acceptors (Lipinski definition) is 3. The molecule has 5 nitrogen and oxygen atoms in total. The Morgan fingerprint density at radius 1 is 0.964 bits per heavy atom. The molecular formula is C22H20FN3O2. The maximum atomic E-state index is 12.9. The number of halogens is 1. The van der Waals surface area contributed by atoms with Crippen molar-refractivity contribution in [2.24, 2.45) is 5.10 Å². The third-order valence-electron chi connectivity index (χ3n) is 4.20. The average Bonchev–Trinajstić information content (AvgIpc) is 2.71. The Labute approximate surface area is 162 Å². The molecule has 0 atom stereocenters. The van der Waals surface area contributed by atoms with Crippen LogP contribution in [0.2, 0.25) is 0 Å². The highest BCUT2D eigenvalue weighted by Gasteiger charge is 2.10. The van der Waals surface area contributed by atoms with Crippen molar-refractivity contribution >= 4 is 28.3 Å². The van der Waals surface area contributed by atoms with Gasteiger partial charge in [0.2, 0.25) is 5.91 Å². The summed E-state index contributed by atoms with van der Waals surface area (Å²) in [4.78, 5) is 24.4. The number of hydrogen-bond donors (Lipinski definition) is 2. The predicted octanol–water partition coefficient (Wildman–Crippen LogP) is 3.79. The second-order valence-electron chi connectivity index (χ2n) is 6.39. The molecule has 2 N–H and O–H groups in total. The zero-order chi connectivity index (χ0) is 19.9. The molecule has 142 valence electrons. The summed E-state index contributed by atoms with van der Waals surface area (Å²) in [6.07, 6.45) is 0.0526. The zero-order valence-electron chi connectivity index (χ0n) is 15.4. The van der Waals surface area contributed by atoms with E-state index in [4.69, 9.17) is 0 Å². The monoisotopic (exact) mass is 377 g/mol. The summed E-state index contributed by atoms with van der Waals surface area (Å²) in [5, 5.41) is 8.57. The molecule has 0 unspecified atom stereocenters. The lowest BCUT2D eigenvalue weighted by Gasteiger charge is -2.07. The number of rotatable bonds is 6. The van der Waals surface area contributed by atoms with Crippen LogP contribution < -0.4 is 10.7 Å². The van der Waals surface area contributed by atoms with E-state index in [0.29, 0.717) is 17.8 Å². The van der Waals surface area contributed by atoms with Crippen molar-refractivity contribution in [2.75, 3.05) is 0 Å². The Morgan fingerprint density at radius 3 is 2.46 bits per heavy atom. The average molecular weight is 377 g/mol. The van der Waals surface area contributed by atoms with Gasteiger partial charge in [-0.1, -0.05) is 48.5 Å². The summed E-state index contributed by atoms with van der Waals surface area (Å²) in [6, 6.07) is 19.0. The number of hydrazone groups is 1. The summed E-state index contributed by atoms with van der Waals surface area (Å²) in [7, 11) is 0. The van der Waals surface area contributed by atoms with E-state index in [1.54, 1.807) is 25.1 Å². The lowest BCUT2D eigenvalue weighted by atomic mass is 10.0. The standard InChI is InChI=1S/C22H20FN3O2/c1-15(13-21(27)24-14-16-9-11-18(23)12-10-16)25-26-22(28)20-8-4-6-17-5-2-3-7-19(17)20/h2-12H,13-14H2,1H3,(H,24,27)(H,26,28)/b25-15-. The van der Waals surface area contributed by atoms with Gasteiger partial charge in [-0.15, -0.1) is 0 Å². The smallest absolute Gasteiger partial charge is 0.271 e. The van der Waals surface area contributed by atoms with Crippen molar-refractivity contribution in [3.05, 3.63) is 83.7 Å². The molecule has 28 heavy (non-hydrogen) atoms. The molecule has 0 bridgehead atoms. The van der Waals surface area contributed by atoms with Gasteiger partial charge >= 0.3 is 0 Å². The highest BCUT2D eigenvalue weighted by atomic mass is 19.1. The van der Waals surface area contributed by atoms with Gasteiger partial charge in [-0.3, -0.25) is 9.59 Å². The van der Waals surface area contributed by atoms with E-state index in [1.165, 1.54) is 12.1 Å². The van der Waals surface area contributed by atoms with Gasteiger partial charge in [0.15, 0.2) is 0 Å². The molecule has 0 radical (unpaired) electrons. The van der Waals surface area contributed by atoms with Crippen LogP contribution in [0.25, 0.3) is 10.8 Å². The fourth-order valence-electron chi connectivity index (χ4n) is 2.77. The maximum absolute atomic E-state index is 12.9. The second-order valence-corrected chi connectivity index (χ2v) is 6.39. The highest BCUT2D eigenvalue weighted by molar-refractivity contribution is 6.07. The molecule has 0 saturated carbocycles. The Balaban J connectivity index is 1.55. The normalized spacial score (nSPS) is 11.3. The minimum absolute atomic E-state index is 0.0526. The summed E-state index contributed by atoms with van der Waals surface area (Å²) in [5.74, 6) is -0.882. The van der Waals surface area contributed by atoms with E-state index in [2.05, 4.69) is 15.8 Å². The Kier molecular flexibility index (Phi) is 6.11. The molecule has 3 aromatic carbocycles. The van der Waals surface area contributed by atoms with Gasteiger partial charge in [-0.2, -0.15) is 5.10 Å². The molecule has 3 rings (SSSR count). The van der Waals surface area contributed by atoms with E-state index in [0.717, 1.165) is 16.3 Å². The van der Waals surface area contributed by atoms with Crippen molar-refractivity contribution < 1.29 is 14.0 Å². The number of carbonyl (C=O) groups is 2. The van der Waals surface area contributed by atoms with Gasteiger partial charge in [0.05, 0.1) is 6.42 Å². The van der Waals surface area contributed by atoms with Crippen LogP contribution in [0, 0.1) is 5.82 Å². The van der Waals surface area contributed by atoms with Crippen molar-refractivity contribution in [1.29, 1.82) is 0 Å². The van der Waals surface area contributed by atoms with Gasteiger partial charge in [-0.05, 0) is 41.5 Å². The molecule has 0 spiro atoms. The van der Waals surface area contributed by atoms with Crippen LogP contribution in [0.5, 0.6) is 0 Å². The lowest BCUT2D eigenvalue weighted by molar-refractivity contribution is -0.120. The minimum atomic E-state index is -0.331. The number of benzene rings is 3. The zero-order valence-corrected chi connectivity index (χ0v) is 15.4. The fraction of sp³-hybridized carbons (Fsp3) is 0.136. The van der Waals surface area contributed by atoms with Crippen molar-refractivity contribution in [2.45, 2.75) is 19.9 Å². The molecule has 6 heteroatoms. The Bertz CT molecular complexity index is 1020. The van der Waals surface area contributed by atoms with Crippen LogP contribution in [-0.4, -0.2) is 17.5 Å². The van der Waals surface area contributed by atoms with Crippen molar-refractivity contribution in [3.63, 3.8) is 0 Å². The highest BCUT2D eigenvalue weighted by Crippen LogP contribution is 2.18. The quantitative estimate of drug-likeness (QED) is 0.507. The molecule has 0 saturated heterocycles. The summed E-state index contributed by atoms with van der Waals surface area (Å²) < 4.78 is 12.9. The van der Waals surface area contributed by atoms with E-state index in [9.17, 15) is 14.0 Å². The van der Waals surface area contributed by atoms with Gasteiger partial charge in [0.25, 0.3) is 5.91 Å². The first kappa shape index (κ1) is 19.2. The van der Waals surface area contributed by atoms with Gasteiger partial charge < -0.3 is 5.32 Å². The van der Waals surface area contributed by atoms with E-state index in [1.807, 2.05) is 36.4 Å². The molecule has 0 fully saturated rings. The maximum Gasteiger partial charge on any atom is 0.271 e. The summed E-state index contributed by atoms with van der Waals surface area (Å²) in [5.41, 5.74) is 4.30. The topological polar surface area (TPSA) is 70.6 Å². The number of amides is 2. The van der Waals surface area contributed by atoms with Crippen molar-refractivity contribution in [1.82, 2.24) is 10.7 Å². The first-order chi connectivity index (χ1) is 13.5. The van der Waals surface area contributed by atoms with Crippen molar-refractivity contribution in [3.8, 4) is 0 Å². The predicted molar refractivity (Wildman–Crippen MR) is 107 cm³/mol. The minimum Gasteiger partial charge on any atom is -0.352 e. The third-order valence-corrected chi connectivity index (χ3v) is 4.20. The molecule has 2 amide bonds. The molecule has 0 aliphatic heterocycles.